The van der Waals surface area contributed by atoms with Gasteiger partial charge in [0.1, 0.15) is 6.04 Å². The van der Waals surface area contributed by atoms with Gasteiger partial charge in [-0.05, 0) is 44.2 Å². The van der Waals surface area contributed by atoms with Crippen molar-refractivity contribution in [3.05, 3.63) is 28.8 Å². The fourth-order valence-corrected chi connectivity index (χ4v) is 8.47. The molecule has 1 spiro atoms. The van der Waals surface area contributed by atoms with Gasteiger partial charge >= 0.3 is 5.97 Å². The Morgan fingerprint density at radius 2 is 2.16 bits per heavy atom. The fraction of sp³-hybridized carbons (Fsp3) is 0.609. The van der Waals surface area contributed by atoms with Crippen LogP contribution in [-0.4, -0.2) is 63.6 Å². The molecular weight excluding hydrogens is 452 g/mol. The van der Waals surface area contributed by atoms with E-state index in [4.69, 9.17) is 16.3 Å². The average molecular weight is 481 g/mol. The molecule has 6 atom stereocenters. The van der Waals surface area contributed by atoms with Crippen molar-refractivity contribution in [2.45, 2.75) is 49.7 Å². The lowest BCUT2D eigenvalue weighted by atomic mass is 9.66. The first-order valence-electron chi connectivity index (χ1n) is 11.1. The number of aliphatic hydroxyl groups excluding tert-OH is 1. The smallest absolute Gasteiger partial charge is 0.310 e. The number of nitrogens with zero attached hydrogens (tertiary/aromatic N) is 1. The number of esters is 1. The molecule has 3 fully saturated rings. The Hall–Kier alpha value is -1.77. The molecule has 0 aliphatic carbocycles. The highest BCUT2D eigenvalue weighted by Gasteiger charge is 2.76. The van der Waals surface area contributed by atoms with Gasteiger partial charge in [-0.15, -0.1) is 11.8 Å². The van der Waals surface area contributed by atoms with E-state index in [1.165, 1.54) is 0 Å². The van der Waals surface area contributed by atoms with Crippen LogP contribution in [0.1, 0.15) is 32.3 Å². The summed E-state index contributed by atoms with van der Waals surface area (Å²) in [6.07, 6.45) is 1.11. The third-order valence-corrected chi connectivity index (χ3v) is 9.47. The van der Waals surface area contributed by atoms with Crippen molar-refractivity contribution < 1.29 is 24.2 Å². The number of rotatable bonds is 7. The maximum Gasteiger partial charge on any atom is 0.310 e. The van der Waals surface area contributed by atoms with Crippen molar-refractivity contribution in [3.63, 3.8) is 0 Å². The molecule has 32 heavy (non-hydrogen) atoms. The number of carbonyl (C=O) groups is 3. The summed E-state index contributed by atoms with van der Waals surface area (Å²) in [5, 5.41) is 12.8. The van der Waals surface area contributed by atoms with Crippen LogP contribution in [0.5, 0.6) is 0 Å². The number of carbonyl (C=O) groups excluding carboxylic acids is 3. The second kappa shape index (κ2) is 8.88. The minimum Gasteiger partial charge on any atom is -0.466 e. The predicted octanol–water partition coefficient (Wildman–Crippen LogP) is 2.87. The van der Waals surface area contributed by atoms with Crippen LogP contribution in [0, 0.1) is 24.7 Å². The molecule has 7 nitrogen and oxygen atoms in total. The number of ether oxygens (including phenoxy) is 1. The van der Waals surface area contributed by atoms with E-state index in [1.807, 2.05) is 19.1 Å². The van der Waals surface area contributed by atoms with E-state index < -0.39 is 22.6 Å². The number of nitrogens with one attached hydrogen (secondary N) is 1. The zero-order valence-electron chi connectivity index (χ0n) is 18.5. The number of likely N-dealkylation sites (tertiary alicyclic amines) is 1. The number of benzene rings is 1. The quantitative estimate of drug-likeness (QED) is 0.582. The number of aryl methyl sites for hydroxylation is 1. The van der Waals surface area contributed by atoms with Gasteiger partial charge in [0.25, 0.3) is 0 Å². The first-order valence-corrected chi connectivity index (χ1v) is 12.3. The number of anilines is 1. The highest BCUT2D eigenvalue weighted by molar-refractivity contribution is 8.02. The number of amides is 2. The second-order valence-corrected chi connectivity index (χ2v) is 10.8. The van der Waals surface area contributed by atoms with Crippen LogP contribution in [0.3, 0.4) is 0 Å². The number of hydrogen-bond acceptors (Lipinski definition) is 6. The van der Waals surface area contributed by atoms with E-state index in [-0.39, 0.29) is 48.7 Å². The lowest BCUT2D eigenvalue weighted by Crippen LogP contribution is -2.54. The fourth-order valence-electron chi connectivity index (χ4n) is 5.79. The van der Waals surface area contributed by atoms with Gasteiger partial charge in [-0.3, -0.25) is 14.4 Å². The van der Waals surface area contributed by atoms with Gasteiger partial charge in [-0.2, -0.15) is 0 Å². The Balaban J connectivity index is 1.74. The topological polar surface area (TPSA) is 95.9 Å². The highest BCUT2D eigenvalue weighted by atomic mass is 35.5. The molecule has 0 saturated carbocycles. The summed E-state index contributed by atoms with van der Waals surface area (Å²) in [6, 6.07) is 4.63. The number of thioether (sulfide) groups is 1. The van der Waals surface area contributed by atoms with Crippen molar-refractivity contribution in [1.29, 1.82) is 0 Å². The largest absolute Gasteiger partial charge is 0.466 e. The number of fused-ring (bicyclic) bond motifs is 1. The van der Waals surface area contributed by atoms with Crippen LogP contribution in [-0.2, 0) is 19.1 Å². The molecule has 1 aromatic carbocycles. The van der Waals surface area contributed by atoms with Crippen molar-refractivity contribution in [3.8, 4) is 0 Å². The minimum atomic E-state index is -0.758. The molecule has 2 N–H and O–H groups in total. The summed E-state index contributed by atoms with van der Waals surface area (Å²) >= 11 is 7.95. The van der Waals surface area contributed by atoms with Gasteiger partial charge in [-0.1, -0.05) is 30.7 Å². The van der Waals surface area contributed by atoms with E-state index in [1.54, 1.807) is 29.7 Å². The van der Waals surface area contributed by atoms with E-state index in [0.29, 0.717) is 17.1 Å². The predicted molar refractivity (Wildman–Crippen MR) is 124 cm³/mol. The SMILES string of the molecule is CCOC(=O)[C@@H]1[C@H]2C(=O)N(CCCO)C(C(=O)Nc3c(C)cccc3Cl)C23S[C@@H]1CC3C. The van der Waals surface area contributed by atoms with Crippen LogP contribution < -0.4 is 5.32 Å². The maximum absolute atomic E-state index is 13.8. The molecule has 3 aliphatic heterocycles. The lowest BCUT2D eigenvalue weighted by molar-refractivity contribution is -0.154. The Kier molecular flexibility index (Phi) is 6.49. The molecule has 4 rings (SSSR count). The minimum absolute atomic E-state index is 0.0460. The van der Waals surface area contributed by atoms with E-state index in [9.17, 15) is 19.5 Å². The average Bonchev–Trinajstić information content (AvgIpc) is 3.33. The molecule has 174 valence electrons. The summed E-state index contributed by atoms with van der Waals surface area (Å²) in [5.41, 5.74) is 1.35. The lowest BCUT2D eigenvalue weighted by Gasteiger charge is -2.38. The Morgan fingerprint density at radius 1 is 1.41 bits per heavy atom. The van der Waals surface area contributed by atoms with Crippen LogP contribution in [0.25, 0.3) is 0 Å². The van der Waals surface area contributed by atoms with Crippen LogP contribution in [0.2, 0.25) is 5.02 Å². The van der Waals surface area contributed by atoms with Gasteiger partial charge < -0.3 is 20.1 Å². The molecule has 3 unspecified atom stereocenters. The number of aliphatic hydroxyl groups is 1. The number of hydrogen-bond donors (Lipinski definition) is 2. The number of halogens is 1. The molecule has 1 aromatic rings. The van der Waals surface area contributed by atoms with Crippen molar-refractivity contribution in [2.24, 2.45) is 17.8 Å². The van der Waals surface area contributed by atoms with Crippen molar-refractivity contribution in [1.82, 2.24) is 4.90 Å². The van der Waals surface area contributed by atoms with Crippen molar-refractivity contribution in [2.75, 3.05) is 25.1 Å². The molecule has 3 heterocycles. The van der Waals surface area contributed by atoms with E-state index >= 15 is 0 Å². The zero-order chi connectivity index (χ0) is 23.2. The van der Waals surface area contributed by atoms with Crippen LogP contribution >= 0.6 is 23.4 Å². The molecule has 0 aromatic heterocycles. The molecule has 0 radical (unpaired) electrons. The molecule has 2 bridgehead atoms. The third kappa shape index (κ3) is 3.42. The second-order valence-electron chi connectivity index (χ2n) is 8.83. The standard InChI is InChI=1S/C23H29ClN2O5S/c1-4-31-22(30)16-15-11-13(3)23(32-15)17(16)21(29)26(9-6-10-27)19(23)20(28)25-18-12(2)7-5-8-14(18)24/h5,7-8,13,15-17,19,27H,4,6,9-11H2,1-3H3,(H,25,28)/t13?,15-,16+,17+,19?,23?/m1/s1. The molecule has 3 saturated heterocycles. The van der Waals surface area contributed by atoms with Crippen LogP contribution in [0.15, 0.2) is 18.2 Å². The maximum atomic E-state index is 13.8. The molecule has 9 heteroatoms. The molecular formula is C23H29ClN2O5S. The Morgan fingerprint density at radius 3 is 2.81 bits per heavy atom. The third-order valence-electron chi connectivity index (χ3n) is 7.08. The van der Waals surface area contributed by atoms with Gasteiger partial charge in [0, 0.05) is 18.4 Å². The summed E-state index contributed by atoms with van der Waals surface area (Å²) in [4.78, 5) is 41.8. The summed E-state index contributed by atoms with van der Waals surface area (Å²) in [6.45, 7) is 6.09. The first-order chi connectivity index (χ1) is 15.3. The van der Waals surface area contributed by atoms with Gasteiger partial charge in [0.2, 0.25) is 11.8 Å². The molecule has 2 amide bonds. The van der Waals surface area contributed by atoms with E-state index in [0.717, 1.165) is 12.0 Å². The Bertz CT molecular complexity index is 923. The highest BCUT2D eigenvalue weighted by Crippen LogP contribution is 2.68. The Labute approximate surface area is 197 Å². The first kappa shape index (κ1) is 23.4. The van der Waals surface area contributed by atoms with Gasteiger partial charge in [0.05, 0.1) is 33.9 Å². The monoisotopic (exact) mass is 480 g/mol. The zero-order valence-corrected chi connectivity index (χ0v) is 20.0. The molecule has 3 aliphatic rings. The summed E-state index contributed by atoms with van der Waals surface area (Å²) in [7, 11) is 0. The van der Waals surface area contributed by atoms with E-state index in [2.05, 4.69) is 12.2 Å². The van der Waals surface area contributed by atoms with Crippen molar-refractivity contribution >= 4 is 46.8 Å². The van der Waals surface area contributed by atoms with Crippen LogP contribution in [0.4, 0.5) is 5.69 Å². The summed E-state index contributed by atoms with van der Waals surface area (Å²) in [5.74, 6) is -1.96. The van der Waals surface area contributed by atoms with Gasteiger partial charge in [0.15, 0.2) is 0 Å². The number of para-hydroxylation sites is 1. The normalized spacial score (nSPS) is 32.8. The summed E-state index contributed by atoms with van der Waals surface area (Å²) < 4.78 is 4.61. The van der Waals surface area contributed by atoms with Gasteiger partial charge in [-0.25, -0.2) is 0 Å².